The third-order valence-electron chi connectivity index (χ3n) is 3.59. The van der Waals surface area contributed by atoms with Gasteiger partial charge in [-0.25, -0.2) is 0 Å². The van der Waals surface area contributed by atoms with Gasteiger partial charge in [0.2, 0.25) is 0 Å². The van der Waals surface area contributed by atoms with E-state index in [1.54, 1.807) is 16.6 Å². The molecule has 0 saturated heterocycles. The summed E-state index contributed by atoms with van der Waals surface area (Å²) in [6, 6.07) is 11.5. The van der Waals surface area contributed by atoms with Gasteiger partial charge in [0.1, 0.15) is 12.1 Å². The molecule has 6 nitrogen and oxygen atoms in total. The Labute approximate surface area is 134 Å². The summed E-state index contributed by atoms with van der Waals surface area (Å²) in [7, 11) is 0. The fourth-order valence-electron chi connectivity index (χ4n) is 2.31. The summed E-state index contributed by atoms with van der Waals surface area (Å²) in [5.74, 6) is 1.97. The van der Waals surface area contributed by atoms with Gasteiger partial charge in [0.15, 0.2) is 0 Å². The van der Waals surface area contributed by atoms with Crippen LogP contribution in [0.5, 0.6) is 0 Å². The monoisotopic (exact) mass is 306 g/mol. The number of fused-ring (bicyclic) bond motifs is 1. The number of nitriles is 1. The molecule has 0 amide bonds. The fraction of sp³-hybridized carbons (Fsp3) is 0.294. The first kappa shape index (κ1) is 15.0. The van der Waals surface area contributed by atoms with E-state index in [-0.39, 0.29) is 0 Å². The van der Waals surface area contributed by atoms with E-state index < -0.39 is 0 Å². The van der Waals surface area contributed by atoms with Crippen LogP contribution in [0, 0.1) is 17.2 Å². The minimum absolute atomic E-state index is 0.555. The molecule has 3 rings (SSSR count). The number of nitrogens with zero attached hydrogens (tertiary/aromatic N) is 5. The van der Waals surface area contributed by atoms with Crippen LogP contribution in [0.25, 0.3) is 17.0 Å². The van der Waals surface area contributed by atoms with Crippen molar-refractivity contribution in [3.8, 4) is 17.3 Å². The highest BCUT2D eigenvalue weighted by Gasteiger charge is 2.10. The average molecular weight is 306 g/mol. The van der Waals surface area contributed by atoms with Crippen molar-refractivity contribution in [3.63, 3.8) is 0 Å². The molecular weight excluding hydrogens is 288 g/mol. The zero-order valence-corrected chi connectivity index (χ0v) is 13.2. The van der Waals surface area contributed by atoms with E-state index in [0.29, 0.717) is 17.3 Å². The van der Waals surface area contributed by atoms with Gasteiger partial charge in [-0.05, 0) is 24.5 Å². The van der Waals surface area contributed by atoms with E-state index in [9.17, 15) is 0 Å². The Kier molecular flexibility index (Phi) is 4.20. The van der Waals surface area contributed by atoms with Crippen LogP contribution >= 0.6 is 0 Å². The SMILES string of the molecule is CC(C)CCNc1cc(-c2ccc(C#N)cc2)n2ncnc2n1. The first-order valence-electron chi connectivity index (χ1n) is 7.62. The molecular formula is C17H18N6. The molecule has 0 aliphatic carbocycles. The van der Waals surface area contributed by atoms with Crippen molar-refractivity contribution in [1.29, 1.82) is 5.26 Å². The van der Waals surface area contributed by atoms with E-state index in [2.05, 4.69) is 40.3 Å². The molecule has 0 fully saturated rings. The van der Waals surface area contributed by atoms with Gasteiger partial charge in [-0.15, -0.1) is 0 Å². The third kappa shape index (κ3) is 3.29. The van der Waals surface area contributed by atoms with Gasteiger partial charge < -0.3 is 5.32 Å². The van der Waals surface area contributed by atoms with E-state index in [4.69, 9.17) is 5.26 Å². The third-order valence-corrected chi connectivity index (χ3v) is 3.59. The van der Waals surface area contributed by atoms with Crippen molar-refractivity contribution in [2.45, 2.75) is 20.3 Å². The predicted octanol–water partition coefficient (Wildman–Crippen LogP) is 3.12. The molecule has 0 atom stereocenters. The Morgan fingerprint density at radius 2 is 2.04 bits per heavy atom. The number of hydrogen-bond acceptors (Lipinski definition) is 5. The summed E-state index contributed by atoms with van der Waals surface area (Å²) in [5, 5.41) is 16.5. The number of hydrogen-bond donors (Lipinski definition) is 1. The van der Waals surface area contributed by atoms with Crippen molar-refractivity contribution >= 4 is 11.6 Å². The molecule has 0 unspecified atom stereocenters. The van der Waals surface area contributed by atoms with Gasteiger partial charge in [-0.3, -0.25) is 0 Å². The molecule has 2 heterocycles. The highest BCUT2D eigenvalue weighted by atomic mass is 15.3. The zero-order chi connectivity index (χ0) is 16.2. The van der Waals surface area contributed by atoms with E-state index in [1.165, 1.54) is 6.33 Å². The number of anilines is 1. The highest BCUT2D eigenvalue weighted by molar-refractivity contribution is 5.66. The van der Waals surface area contributed by atoms with Crippen LogP contribution in [0.3, 0.4) is 0 Å². The van der Waals surface area contributed by atoms with Crippen LogP contribution in [0.1, 0.15) is 25.8 Å². The number of aromatic nitrogens is 4. The second kappa shape index (κ2) is 6.44. The van der Waals surface area contributed by atoms with Crippen LogP contribution in [0.4, 0.5) is 5.82 Å². The molecule has 6 heteroatoms. The van der Waals surface area contributed by atoms with Crippen molar-refractivity contribution in [2.24, 2.45) is 5.92 Å². The lowest BCUT2D eigenvalue weighted by Gasteiger charge is -2.10. The second-order valence-electron chi connectivity index (χ2n) is 5.80. The Morgan fingerprint density at radius 1 is 1.26 bits per heavy atom. The lowest BCUT2D eigenvalue weighted by atomic mass is 10.1. The van der Waals surface area contributed by atoms with Gasteiger partial charge >= 0.3 is 0 Å². The molecule has 3 aromatic rings. The molecule has 0 radical (unpaired) electrons. The van der Waals surface area contributed by atoms with E-state index in [1.807, 2.05) is 18.2 Å². The Bertz CT molecular complexity index is 842. The zero-order valence-electron chi connectivity index (χ0n) is 13.2. The van der Waals surface area contributed by atoms with Crippen molar-refractivity contribution in [1.82, 2.24) is 19.6 Å². The summed E-state index contributed by atoms with van der Waals surface area (Å²) >= 11 is 0. The van der Waals surface area contributed by atoms with Crippen molar-refractivity contribution in [2.75, 3.05) is 11.9 Å². The quantitative estimate of drug-likeness (QED) is 0.783. The first-order chi connectivity index (χ1) is 11.2. The maximum atomic E-state index is 8.93. The van der Waals surface area contributed by atoms with Gasteiger partial charge in [0.25, 0.3) is 5.78 Å². The van der Waals surface area contributed by atoms with Crippen LogP contribution in [-0.4, -0.2) is 26.1 Å². The van der Waals surface area contributed by atoms with Crippen molar-refractivity contribution < 1.29 is 0 Å². The second-order valence-corrected chi connectivity index (χ2v) is 5.80. The van der Waals surface area contributed by atoms with Crippen molar-refractivity contribution in [3.05, 3.63) is 42.2 Å². The van der Waals surface area contributed by atoms with Gasteiger partial charge in [0, 0.05) is 18.2 Å². The van der Waals surface area contributed by atoms with Crippen LogP contribution in [0.2, 0.25) is 0 Å². The minimum Gasteiger partial charge on any atom is -0.370 e. The Balaban J connectivity index is 1.97. The molecule has 23 heavy (non-hydrogen) atoms. The lowest BCUT2D eigenvalue weighted by Crippen LogP contribution is -2.08. The largest absolute Gasteiger partial charge is 0.370 e. The fourth-order valence-corrected chi connectivity index (χ4v) is 2.31. The molecule has 1 aromatic carbocycles. The summed E-state index contributed by atoms with van der Waals surface area (Å²) in [6.45, 7) is 5.25. The molecule has 0 aliphatic heterocycles. The summed E-state index contributed by atoms with van der Waals surface area (Å²) < 4.78 is 1.70. The average Bonchev–Trinajstić information content (AvgIpc) is 3.02. The summed E-state index contributed by atoms with van der Waals surface area (Å²) in [6.07, 6.45) is 2.57. The maximum absolute atomic E-state index is 8.93. The Hall–Kier alpha value is -2.94. The van der Waals surface area contributed by atoms with Gasteiger partial charge in [0.05, 0.1) is 17.3 Å². The van der Waals surface area contributed by atoms with Gasteiger partial charge in [-0.1, -0.05) is 26.0 Å². The maximum Gasteiger partial charge on any atom is 0.254 e. The van der Waals surface area contributed by atoms with E-state index in [0.717, 1.165) is 30.0 Å². The smallest absolute Gasteiger partial charge is 0.254 e. The topological polar surface area (TPSA) is 78.9 Å². The molecule has 2 aromatic heterocycles. The Morgan fingerprint density at radius 3 is 2.74 bits per heavy atom. The number of benzene rings is 1. The van der Waals surface area contributed by atoms with Crippen LogP contribution in [-0.2, 0) is 0 Å². The van der Waals surface area contributed by atoms with E-state index >= 15 is 0 Å². The molecule has 0 aliphatic rings. The van der Waals surface area contributed by atoms with Crippen LogP contribution < -0.4 is 5.32 Å². The lowest BCUT2D eigenvalue weighted by molar-refractivity contribution is 0.606. The summed E-state index contributed by atoms with van der Waals surface area (Å²) in [5.41, 5.74) is 2.49. The standard InChI is InChI=1S/C17H18N6/c1-12(2)7-8-19-16-9-15(23-17(22-16)20-11-21-23)14-5-3-13(10-18)4-6-14/h3-6,9,11-12H,7-8H2,1-2H3,(H,19,20,21,22). The van der Waals surface area contributed by atoms with Crippen LogP contribution in [0.15, 0.2) is 36.7 Å². The molecule has 0 bridgehead atoms. The minimum atomic E-state index is 0.555. The normalized spacial score (nSPS) is 10.9. The first-order valence-corrected chi connectivity index (χ1v) is 7.62. The van der Waals surface area contributed by atoms with Gasteiger partial charge in [-0.2, -0.15) is 24.8 Å². The molecule has 0 saturated carbocycles. The number of nitrogens with one attached hydrogen (secondary N) is 1. The predicted molar refractivity (Wildman–Crippen MR) is 88.9 cm³/mol. The summed E-state index contributed by atoms with van der Waals surface area (Å²) in [4.78, 5) is 8.67. The number of rotatable bonds is 5. The molecule has 0 spiro atoms. The molecule has 116 valence electrons. The molecule has 1 N–H and O–H groups in total. The highest BCUT2D eigenvalue weighted by Crippen LogP contribution is 2.22.